The molecule has 0 radical (unpaired) electrons. The van der Waals surface area contributed by atoms with Gasteiger partial charge < -0.3 is 5.11 Å². The summed E-state index contributed by atoms with van der Waals surface area (Å²) in [7, 11) is 0. The fourth-order valence-electron chi connectivity index (χ4n) is 1.43. The summed E-state index contributed by atoms with van der Waals surface area (Å²) < 4.78 is 0. The van der Waals surface area contributed by atoms with E-state index in [4.69, 9.17) is 5.11 Å². The van der Waals surface area contributed by atoms with Crippen molar-refractivity contribution in [1.29, 1.82) is 0 Å². The number of carbonyl (C=O) groups is 1. The van der Waals surface area contributed by atoms with Gasteiger partial charge in [-0.05, 0) is 24.0 Å². The van der Waals surface area contributed by atoms with Gasteiger partial charge in [-0.25, -0.2) is 0 Å². The van der Waals surface area contributed by atoms with Crippen LogP contribution < -0.4 is 0 Å². The smallest absolute Gasteiger partial charge is 0.186 e. The van der Waals surface area contributed by atoms with E-state index in [0.717, 1.165) is 24.2 Å². The Labute approximate surface area is 107 Å². The summed E-state index contributed by atoms with van der Waals surface area (Å²) >= 11 is 1.31. The van der Waals surface area contributed by atoms with E-state index >= 15 is 0 Å². The molecule has 0 fully saturated rings. The number of aliphatic hydroxyl groups excluding tert-OH is 1. The third kappa shape index (κ3) is 6.29. The van der Waals surface area contributed by atoms with Crippen molar-refractivity contribution in [2.24, 2.45) is 0 Å². The number of aryl methyl sites for hydroxylation is 1. The van der Waals surface area contributed by atoms with Gasteiger partial charge in [0.15, 0.2) is 5.12 Å². The van der Waals surface area contributed by atoms with Gasteiger partial charge in [0, 0.05) is 19.3 Å². The highest BCUT2D eigenvalue weighted by molar-refractivity contribution is 8.13. The van der Waals surface area contributed by atoms with E-state index in [1.54, 1.807) is 6.92 Å². The van der Waals surface area contributed by atoms with Crippen molar-refractivity contribution < 1.29 is 9.90 Å². The molecule has 0 aliphatic rings. The zero-order valence-corrected chi connectivity index (χ0v) is 10.9. The maximum atomic E-state index is 10.7. The minimum atomic E-state index is 0.147. The van der Waals surface area contributed by atoms with E-state index in [1.807, 2.05) is 12.2 Å². The molecule has 0 bridgehead atoms. The molecule has 0 unspecified atom stereocenters. The summed E-state index contributed by atoms with van der Waals surface area (Å²) in [5.74, 6) is 0.724. The highest BCUT2D eigenvalue weighted by Gasteiger charge is 1.93. The molecule has 1 aromatic rings. The SMILES string of the molecule is CC(=O)SCC=Cc1ccc(CCCO)cc1. The van der Waals surface area contributed by atoms with Gasteiger partial charge in [-0.2, -0.15) is 0 Å². The summed E-state index contributed by atoms with van der Waals surface area (Å²) in [5.41, 5.74) is 2.39. The molecule has 1 aromatic carbocycles. The average Bonchev–Trinajstić information content (AvgIpc) is 2.33. The molecule has 0 atom stereocenters. The van der Waals surface area contributed by atoms with Crippen LogP contribution in [-0.4, -0.2) is 22.6 Å². The van der Waals surface area contributed by atoms with Crippen LogP contribution in [0, 0.1) is 0 Å². The molecule has 0 spiro atoms. The summed E-state index contributed by atoms with van der Waals surface area (Å²) in [6.45, 7) is 1.82. The lowest BCUT2D eigenvalue weighted by Crippen LogP contribution is -1.89. The zero-order valence-electron chi connectivity index (χ0n) is 10.1. The number of benzene rings is 1. The van der Waals surface area contributed by atoms with Gasteiger partial charge in [0.1, 0.15) is 0 Å². The van der Waals surface area contributed by atoms with Crippen molar-refractivity contribution in [2.45, 2.75) is 19.8 Å². The Balaban J connectivity index is 2.42. The maximum Gasteiger partial charge on any atom is 0.186 e. The molecular formula is C14H18O2S. The number of rotatable bonds is 6. The van der Waals surface area contributed by atoms with Gasteiger partial charge in [-0.1, -0.05) is 48.2 Å². The highest BCUT2D eigenvalue weighted by atomic mass is 32.2. The fraction of sp³-hybridized carbons (Fsp3) is 0.357. The molecular weight excluding hydrogens is 232 g/mol. The first-order chi connectivity index (χ1) is 8.22. The second kappa shape index (κ2) is 8.09. The van der Waals surface area contributed by atoms with Gasteiger partial charge in [-0.15, -0.1) is 0 Å². The minimum Gasteiger partial charge on any atom is -0.396 e. The van der Waals surface area contributed by atoms with E-state index < -0.39 is 0 Å². The minimum absolute atomic E-state index is 0.147. The predicted octanol–water partition coefficient (Wildman–Crippen LogP) is 2.90. The molecule has 0 saturated heterocycles. The Morgan fingerprint density at radius 3 is 2.65 bits per heavy atom. The zero-order chi connectivity index (χ0) is 12.5. The summed E-state index contributed by atoms with van der Waals surface area (Å²) in [4.78, 5) is 10.7. The standard InChI is InChI=1S/C14H18O2S/c1-12(16)17-11-3-5-14-8-6-13(7-9-14)4-2-10-15/h3,5-9,15H,2,4,10-11H2,1H3. The van der Waals surface area contributed by atoms with Crippen molar-refractivity contribution in [3.63, 3.8) is 0 Å². The topological polar surface area (TPSA) is 37.3 Å². The van der Waals surface area contributed by atoms with Gasteiger partial charge in [0.2, 0.25) is 0 Å². The molecule has 0 aromatic heterocycles. The van der Waals surface area contributed by atoms with Crippen molar-refractivity contribution in [1.82, 2.24) is 0 Å². The van der Waals surface area contributed by atoms with E-state index in [-0.39, 0.29) is 11.7 Å². The molecule has 1 N–H and O–H groups in total. The van der Waals surface area contributed by atoms with Gasteiger partial charge in [0.05, 0.1) is 0 Å². The number of hydrogen-bond acceptors (Lipinski definition) is 3. The summed E-state index contributed by atoms with van der Waals surface area (Å²) in [6.07, 6.45) is 5.74. The maximum absolute atomic E-state index is 10.7. The van der Waals surface area contributed by atoms with Crippen LogP contribution in [0.2, 0.25) is 0 Å². The Morgan fingerprint density at radius 2 is 2.06 bits per heavy atom. The van der Waals surface area contributed by atoms with Crippen molar-refractivity contribution in [3.8, 4) is 0 Å². The van der Waals surface area contributed by atoms with Crippen LogP contribution in [0.5, 0.6) is 0 Å². The quantitative estimate of drug-likeness (QED) is 0.843. The summed E-state index contributed by atoms with van der Waals surface area (Å²) in [6, 6.07) is 8.27. The number of hydrogen-bond donors (Lipinski definition) is 1. The molecule has 0 amide bonds. The van der Waals surface area contributed by atoms with Crippen LogP contribution in [0.1, 0.15) is 24.5 Å². The van der Waals surface area contributed by atoms with Crippen LogP contribution in [0.15, 0.2) is 30.3 Å². The van der Waals surface area contributed by atoms with E-state index in [0.29, 0.717) is 0 Å². The molecule has 3 heteroatoms. The van der Waals surface area contributed by atoms with Crippen LogP contribution in [0.3, 0.4) is 0 Å². The largest absolute Gasteiger partial charge is 0.396 e. The predicted molar refractivity (Wildman–Crippen MR) is 74.0 cm³/mol. The van der Waals surface area contributed by atoms with Crippen LogP contribution >= 0.6 is 11.8 Å². The first-order valence-electron chi connectivity index (χ1n) is 5.72. The van der Waals surface area contributed by atoms with E-state index in [9.17, 15) is 4.79 Å². The third-order valence-corrected chi connectivity index (χ3v) is 3.06. The lowest BCUT2D eigenvalue weighted by atomic mass is 10.1. The van der Waals surface area contributed by atoms with E-state index in [1.165, 1.54) is 17.3 Å². The van der Waals surface area contributed by atoms with E-state index in [2.05, 4.69) is 24.3 Å². The van der Waals surface area contributed by atoms with Crippen molar-refractivity contribution in [3.05, 3.63) is 41.5 Å². The molecule has 0 saturated carbocycles. The molecule has 0 aliphatic heterocycles. The van der Waals surface area contributed by atoms with Crippen LogP contribution in [-0.2, 0) is 11.2 Å². The Morgan fingerprint density at radius 1 is 1.35 bits per heavy atom. The van der Waals surface area contributed by atoms with Gasteiger partial charge >= 0.3 is 0 Å². The Bertz CT molecular complexity index is 368. The lowest BCUT2D eigenvalue weighted by molar-refractivity contribution is -0.109. The first-order valence-corrected chi connectivity index (χ1v) is 6.70. The average molecular weight is 250 g/mol. The molecule has 2 nitrogen and oxygen atoms in total. The monoisotopic (exact) mass is 250 g/mol. The molecule has 92 valence electrons. The Hall–Kier alpha value is -1.06. The van der Waals surface area contributed by atoms with Gasteiger partial charge in [0.25, 0.3) is 0 Å². The first kappa shape index (κ1) is 14.0. The lowest BCUT2D eigenvalue weighted by Gasteiger charge is -2.00. The molecule has 0 heterocycles. The van der Waals surface area contributed by atoms with Crippen molar-refractivity contribution in [2.75, 3.05) is 12.4 Å². The van der Waals surface area contributed by atoms with Crippen molar-refractivity contribution >= 4 is 23.0 Å². The van der Waals surface area contributed by atoms with Crippen LogP contribution in [0.4, 0.5) is 0 Å². The summed E-state index contributed by atoms with van der Waals surface area (Å²) in [5, 5.41) is 8.88. The fourth-order valence-corrected chi connectivity index (χ4v) is 1.86. The molecule has 1 rings (SSSR count). The molecule has 0 aliphatic carbocycles. The number of carbonyl (C=O) groups excluding carboxylic acids is 1. The Kier molecular flexibility index (Phi) is 6.67. The number of aliphatic hydroxyl groups is 1. The number of thioether (sulfide) groups is 1. The highest BCUT2D eigenvalue weighted by Crippen LogP contribution is 2.09. The second-order valence-electron chi connectivity index (χ2n) is 3.77. The third-order valence-electron chi connectivity index (χ3n) is 2.30. The second-order valence-corrected chi connectivity index (χ2v) is 4.97. The normalized spacial score (nSPS) is 10.9. The molecule has 17 heavy (non-hydrogen) atoms. The van der Waals surface area contributed by atoms with Crippen LogP contribution in [0.25, 0.3) is 6.08 Å². The van der Waals surface area contributed by atoms with Gasteiger partial charge in [-0.3, -0.25) is 4.79 Å².